The summed E-state index contributed by atoms with van der Waals surface area (Å²) in [6.07, 6.45) is 3.50. The van der Waals surface area contributed by atoms with Crippen molar-refractivity contribution >= 4 is 37.5 Å². The monoisotopic (exact) mass is 374 g/mol. The smallest absolute Gasteiger partial charge is 0.559 e. The van der Waals surface area contributed by atoms with Gasteiger partial charge in [0.15, 0.2) is 0 Å². The van der Waals surface area contributed by atoms with Crippen molar-refractivity contribution in [2.24, 2.45) is 0 Å². The fourth-order valence-corrected chi connectivity index (χ4v) is 5.78. The summed E-state index contributed by atoms with van der Waals surface area (Å²) in [5.74, 6) is 0. The molecule has 22 heavy (non-hydrogen) atoms. The van der Waals surface area contributed by atoms with Crippen LogP contribution in [0.5, 0.6) is 0 Å². The summed E-state index contributed by atoms with van der Waals surface area (Å²) in [5, 5.41) is 7.02. The molecule has 0 saturated carbocycles. The van der Waals surface area contributed by atoms with Crippen LogP contribution in [-0.2, 0) is 24.8 Å². The van der Waals surface area contributed by atoms with Gasteiger partial charge in [-0.15, -0.1) is 11.3 Å². The van der Waals surface area contributed by atoms with Gasteiger partial charge in [0.1, 0.15) is 18.4 Å². The van der Waals surface area contributed by atoms with Gasteiger partial charge in [0.2, 0.25) is 0 Å². The van der Waals surface area contributed by atoms with Crippen molar-refractivity contribution in [3.63, 3.8) is 0 Å². The molecule has 0 aromatic carbocycles. The van der Waals surface area contributed by atoms with Crippen molar-refractivity contribution in [1.82, 2.24) is 4.31 Å². The van der Waals surface area contributed by atoms with Gasteiger partial charge in [-0.25, -0.2) is 16.8 Å². The Balaban J connectivity index is 0.00000242. The molecule has 7 nitrogen and oxygen atoms in total. The molecule has 0 spiro atoms. The Morgan fingerprint density at radius 1 is 1.41 bits per heavy atom. The first-order valence-electron chi connectivity index (χ1n) is 6.18. The first kappa shape index (κ1) is 20.1. The molecule has 1 aromatic heterocycles. The van der Waals surface area contributed by atoms with Crippen LogP contribution in [0, 0.1) is 0 Å². The van der Waals surface area contributed by atoms with E-state index in [0.29, 0.717) is 36.5 Å². The Morgan fingerprint density at radius 2 is 2.09 bits per heavy atom. The van der Waals surface area contributed by atoms with E-state index in [0.717, 1.165) is 0 Å². The van der Waals surface area contributed by atoms with Gasteiger partial charge in [-0.05, 0) is 25.5 Å². The second kappa shape index (κ2) is 7.75. The summed E-state index contributed by atoms with van der Waals surface area (Å²) in [6, 6.07) is 1.22. The van der Waals surface area contributed by atoms with E-state index in [2.05, 4.69) is 0 Å². The van der Waals surface area contributed by atoms with Crippen LogP contribution in [0.3, 0.4) is 0 Å². The standard InChI is InChI=1S/C11H15N2O5S3.Na/c1-2-18-7-3-5-13-6-4-9-8-10(20(12,14)15)19-11(9)21(13,16)17;/h4,6,8H,2-3,5,7H2,1H3,(H-,12,14,15);/q-1;+1. The molecular formula is C11H15N2NaO5S3. The molecule has 0 bridgehead atoms. The Kier molecular flexibility index (Phi) is 7.09. The number of fused-ring (bicyclic) bond motifs is 1. The molecule has 1 N–H and O–H groups in total. The summed E-state index contributed by atoms with van der Waals surface area (Å²) in [4.78, 5) is 0. The topological polar surface area (TPSA) is 105 Å². The molecule has 0 amide bonds. The summed E-state index contributed by atoms with van der Waals surface area (Å²) < 4.78 is 53.3. The van der Waals surface area contributed by atoms with Gasteiger partial charge < -0.3 is 9.88 Å². The third kappa shape index (κ3) is 4.32. The predicted octanol–water partition coefficient (Wildman–Crippen LogP) is -1.11. The van der Waals surface area contributed by atoms with Crippen molar-refractivity contribution < 1.29 is 51.1 Å². The van der Waals surface area contributed by atoms with Crippen molar-refractivity contribution in [2.45, 2.75) is 21.8 Å². The molecule has 2 heterocycles. The molecule has 1 aromatic rings. The molecule has 0 radical (unpaired) electrons. The summed E-state index contributed by atoms with van der Waals surface area (Å²) in [6.45, 7) is 3.15. The minimum atomic E-state index is -4.16. The number of sulfonamides is 2. The van der Waals surface area contributed by atoms with Gasteiger partial charge in [-0.2, -0.15) is 0 Å². The fourth-order valence-electron chi connectivity index (χ4n) is 1.83. The molecule has 11 heteroatoms. The van der Waals surface area contributed by atoms with Crippen LogP contribution in [0.15, 0.2) is 20.7 Å². The van der Waals surface area contributed by atoms with Gasteiger partial charge in [-0.1, -0.05) is 0 Å². The molecule has 0 fully saturated rings. The second-order valence-corrected chi connectivity index (χ2v) is 9.14. The zero-order valence-electron chi connectivity index (χ0n) is 12.3. The molecule has 118 valence electrons. The molecular weight excluding hydrogens is 359 g/mol. The van der Waals surface area contributed by atoms with E-state index in [1.807, 2.05) is 6.92 Å². The number of rotatable bonds is 6. The van der Waals surface area contributed by atoms with Crippen LogP contribution in [-0.4, -0.2) is 40.9 Å². The van der Waals surface area contributed by atoms with Crippen LogP contribution in [0.1, 0.15) is 18.9 Å². The largest absolute Gasteiger partial charge is 1.00 e. The van der Waals surface area contributed by atoms with Gasteiger partial charge in [0.05, 0.1) is 0 Å². The number of nitrogens with one attached hydrogen (secondary N) is 1. The van der Waals surface area contributed by atoms with Crippen molar-refractivity contribution in [1.29, 1.82) is 0 Å². The minimum absolute atomic E-state index is 0. The normalized spacial score (nSPS) is 16.2. The van der Waals surface area contributed by atoms with E-state index < -0.39 is 20.0 Å². The third-order valence-corrected chi connectivity index (χ3v) is 7.61. The van der Waals surface area contributed by atoms with Gasteiger partial charge >= 0.3 is 29.6 Å². The van der Waals surface area contributed by atoms with Crippen LogP contribution >= 0.6 is 11.3 Å². The van der Waals surface area contributed by atoms with Crippen LogP contribution in [0.2, 0.25) is 0 Å². The van der Waals surface area contributed by atoms with E-state index in [9.17, 15) is 16.8 Å². The van der Waals surface area contributed by atoms with Crippen LogP contribution in [0.4, 0.5) is 0 Å². The predicted molar refractivity (Wildman–Crippen MR) is 79.9 cm³/mol. The van der Waals surface area contributed by atoms with Gasteiger partial charge in [0.25, 0.3) is 10.0 Å². The van der Waals surface area contributed by atoms with E-state index in [1.165, 1.54) is 16.6 Å². The first-order valence-corrected chi connectivity index (χ1v) is 9.92. The Hall–Kier alpha value is 0.0600. The fraction of sp³-hybridized carbons (Fsp3) is 0.455. The molecule has 0 aliphatic carbocycles. The zero-order chi connectivity index (χ0) is 15.7. The molecule has 0 saturated heterocycles. The Morgan fingerprint density at radius 3 is 2.68 bits per heavy atom. The van der Waals surface area contributed by atoms with E-state index in [4.69, 9.17) is 9.88 Å². The Labute approximate surface area is 156 Å². The maximum atomic E-state index is 12.4. The second-order valence-electron chi connectivity index (χ2n) is 4.29. The van der Waals surface area contributed by atoms with Crippen LogP contribution in [0.25, 0.3) is 11.2 Å². The van der Waals surface area contributed by atoms with E-state index >= 15 is 0 Å². The molecule has 1 aliphatic heterocycles. The zero-order valence-corrected chi connectivity index (χ0v) is 16.7. The summed E-state index contributed by atoms with van der Waals surface area (Å²) >= 11 is 0.609. The number of ether oxygens (including phenoxy) is 1. The number of hydrogen-bond acceptors (Lipinski definition) is 6. The number of hydrogen-bond donors (Lipinski definition) is 0. The first-order chi connectivity index (χ1) is 9.76. The average molecular weight is 374 g/mol. The number of nitrogens with zero attached hydrogens (tertiary/aromatic N) is 1. The third-order valence-electron chi connectivity index (χ3n) is 2.80. The quantitative estimate of drug-likeness (QED) is 0.464. The molecule has 0 unspecified atom stereocenters. The summed E-state index contributed by atoms with van der Waals surface area (Å²) in [5.41, 5.74) is 0.312. The van der Waals surface area contributed by atoms with E-state index in [1.54, 1.807) is 6.08 Å². The molecule has 0 atom stereocenters. The molecule has 1 aliphatic rings. The van der Waals surface area contributed by atoms with Crippen molar-refractivity contribution in [3.05, 3.63) is 23.0 Å². The summed E-state index contributed by atoms with van der Waals surface area (Å²) in [7, 11) is -7.90. The van der Waals surface area contributed by atoms with E-state index in [-0.39, 0.29) is 44.5 Å². The molecule has 2 rings (SSSR count). The van der Waals surface area contributed by atoms with Crippen LogP contribution < -0.4 is 29.6 Å². The maximum Gasteiger partial charge on any atom is 1.00 e. The van der Waals surface area contributed by atoms with Gasteiger partial charge in [-0.3, -0.25) is 4.31 Å². The Bertz CT molecular complexity index is 755. The SMILES string of the molecule is CCOCCCN1C=Cc2cc(S([NH-])(=O)=O)sc2S1(=O)=O.[Na+]. The average Bonchev–Trinajstić information content (AvgIpc) is 2.82. The maximum absolute atomic E-state index is 12.4. The van der Waals surface area contributed by atoms with Crippen molar-refractivity contribution in [3.8, 4) is 0 Å². The minimum Gasteiger partial charge on any atom is -0.559 e. The van der Waals surface area contributed by atoms with Crippen molar-refractivity contribution in [2.75, 3.05) is 19.8 Å². The number of thiophene rings is 1. The van der Waals surface area contributed by atoms with Gasteiger partial charge in [0, 0.05) is 31.5 Å².